The summed E-state index contributed by atoms with van der Waals surface area (Å²) in [5.41, 5.74) is 8.11. The lowest BCUT2D eigenvalue weighted by atomic mass is 10.0. The van der Waals surface area contributed by atoms with Crippen LogP contribution in [0, 0.1) is 0 Å². The molecule has 142 valence electrons. The Morgan fingerprint density at radius 1 is 1.19 bits per heavy atom. The molecule has 0 aromatic heterocycles. The summed E-state index contributed by atoms with van der Waals surface area (Å²) in [4.78, 5) is 25.6. The van der Waals surface area contributed by atoms with Gasteiger partial charge in [-0.1, -0.05) is 24.3 Å². The second kappa shape index (κ2) is 8.58. The van der Waals surface area contributed by atoms with E-state index in [0.717, 1.165) is 28.2 Å². The maximum Gasteiger partial charge on any atom is 0.227 e. The van der Waals surface area contributed by atoms with Crippen molar-refractivity contribution in [1.82, 2.24) is 4.90 Å². The normalized spacial score (nSPS) is 13.3. The predicted molar refractivity (Wildman–Crippen MR) is 102 cm³/mol. The number of hydrogen-bond donors (Lipinski definition) is 1. The van der Waals surface area contributed by atoms with Gasteiger partial charge in [-0.05, 0) is 35.7 Å². The SMILES string of the molecule is COc1cccc(CC(=O)N2CCOc3ccc(CCC(N)=O)cc3C2)c1. The first kappa shape index (κ1) is 18.8. The molecule has 27 heavy (non-hydrogen) atoms. The van der Waals surface area contributed by atoms with Crippen molar-refractivity contribution in [2.75, 3.05) is 20.3 Å². The van der Waals surface area contributed by atoms with Gasteiger partial charge in [0, 0.05) is 18.5 Å². The van der Waals surface area contributed by atoms with Crippen LogP contribution < -0.4 is 15.2 Å². The molecule has 1 heterocycles. The fourth-order valence-electron chi connectivity index (χ4n) is 3.15. The van der Waals surface area contributed by atoms with E-state index in [1.54, 1.807) is 7.11 Å². The first-order valence-corrected chi connectivity index (χ1v) is 8.99. The molecule has 3 rings (SSSR count). The van der Waals surface area contributed by atoms with Gasteiger partial charge in [-0.15, -0.1) is 0 Å². The third-order valence-electron chi connectivity index (χ3n) is 4.61. The van der Waals surface area contributed by atoms with Crippen LogP contribution in [0.2, 0.25) is 0 Å². The maximum absolute atomic E-state index is 12.8. The number of ether oxygens (including phenoxy) is 2. The second-order valence-electron chi connectivity index (χ2n) is 6.60. The average Bonchev–Trinajstić information content (AvgIpc) is 2.88. The average molecular weight is 368 g/mol. The number of fused-ring (bicyclic) bond motifs is 1. The lowest BCUT2D eigenvalue weighted by molar-refractivity contribution is -0.131. The molecule has 0 saturated carbocycles. The largest absolute Gasteiger partial charge is 0.497 e. The van der Waals surface area contributed by atoms with Crippen LogP contribution >= 0.6 is 0 Å². The van der Waals surface area contributed by atoms with Crippen LogP contribution in [0.1, 0.15) is 23.1 Å². The lowest BCUT2D eigenvalue weighted by Crippen LogP contribution is -2.33. The van der Waals surface area contributed by atoms with E-state index >= 15 is 0 Å². The molecule has 2 aromatic carbocycles. The van der Waals surface area contributed by atoms with E-state index in [1.165, 1.54) is 0 Å². The number of aryl methyl sites for hydroxylation is 1. The molecule has 0 spiro atoms. The third kappa shape index (κ3) is 5.00. The Morgan fingerprint density at radius 2 is 2.04 bits per heavy atom. The van der Waals surface area contributed by atoms with E-state index in [-0.39, 0.29) is 11.8 Å². The second-order valence-corrected chi connectivity index (χ2v) is 6.60. The van der Waals surface area contributed by atoms with E-state index in [2.05, 4.69) is 0 Å². The molecule has 1 aliphatic rings. The molecule has 2 aromatic rings. The van der Waals surface area contributed by atoms with Crippen LogP contribution in [0.3, 0.4) is 0 Å². The van der Waals surface area contributed by atoms with E-state index in [9.17, 15) is 9.59 Å². The number of rotatable bonds is 6. The van der Waals surface area contributed by atoms with E-state index in [0.29, 0.717) is 39.0 Å². The molecule has 0 saturated heterocycles. The first-order valence-electron chi connectivity index (χ1n) is 8.99. The van der Waals surface area contributed by atoms with Crippen LogP contribution in [-0.2, 0) is 29.0 Å². The molecule has 0 unspecified atom stereocenters. The topological polar surface area (TPSA) is 81.9 Å². The highest BCUT2D eigenvalue weighted by Crippen LogP contribution is 2.25. The van der Waals surface area contributed by atoms with Crippen molar-refractivity contribution < 1.29 is 19.1 Å². The van der Waals surface area contributed by atoms with Crippen molar-refractivity contribution in [1.29, 1.82) is 0 Å². The highest BCUT2D eigenvalue weighted by molar-refractivity contribution is 5.79. The number of nitrogens with two attached hydrogens (primary N) is 1. The number of methoxy groups -OCH3 is 1. The minimum absolute atomic E-state index is 0.0437. The van der Waals surface area contributed by atoms with Crippen molar-refractivity contribution in [3.05, 3.63) is 59.2 Å². The molecular weight excluding hydrogens is 344 g/mol. The van der Waals surface area contributed by atoms with Crippen LogP contribution in [0.4, 0.5) is 0 Å². The molecule has 0 bridgehead atoms. The maximum atomic E-state index is 12.8. The fraction of sp³-hybridized carbons (Fsp3) is 0.333. The van der Waals surface area contributed by atoms with Gasteiger partial charge in [0.1, 0.15) is 18.1 Å². The van der Waals surface area contributed by atoms with Gasteiger partial charge in [0.25, 0.3) is 0 Å². The summed E-state index contributed by atoms with van der Waals surface area (Å²) in [6, 6.07) is 13.4. The zero-order valence-corrected chi connectivity index (χ0v) is 15.4. The summed E-state index contributed by atoms with van der Waals surface area (Å²) in [6.45, 7) is 1.48. The molecule has 0 atom stereocenters. The number of primary amides is 1. The Morgan fingerprint density at radius 3 is 2.81 bits per heavy atom. The Kier molecular flexibility index (Phi) is 5.96. The Balaban J connectivity index is 1.71. The van der Waals surface area contributed by atoms with Gasteiger partial charge < -0.3 is 20.1 Å². The minimum Gasteiger partial charge on any atom is -0.497 e. The highest BCUT2D eigenvalue weighted by Gasteiger charge is 2.20. The van der Waals surface area contributed by atoms with Gasteiger partial charge in [-0.2, -0.15) is 0 Å². The monoisotopic (exact) mass is 368 g/mol. The molecule has 0 fully saturated rings. The molecule has 0 radical (unpaired) electrons. The lowest BCUT2D eigenvalue weighted by Gasteiger charge is -2.20. The summed E-state index contributed by atoms with van der Waals surface area (Å²) in [6.07, 6.45) is 1.20. The number of carbonyl (C=O) groups is 2. The zero-order valence-electron chi connectivity index (χ0n) is 15.4. The quantitative estimate of drug-likeness (QED) is 0.846. The van der Waals surface area contributed by atoms with Crippen molar-refractivity contribution in [2.45, 2.75) is 25.8 Å². The number of benzene rings is 2. The molecule has 6 nitrogen and oxygen atoms in total. The summed E-state index contributed by atoms with van der Waals surface area (Å²) >= 11 is 0. The van der Waals surface area contributed by atoms with E-state index in [4.69, 9.17) is 15.2 Å². The Hall–Kier alpha value is -3.02. The number of nitrogens with zero attached hydrogens (tertiary/aromatic N) is 1. The fourth-order valence-corrected chi connectivity index (χ4v) is 3.15. The molecule has 2 N–H and O–H groups in total. The van der Waals surface area contributed by atoms with Gasteiger partial charge in [0.05, 0.1) is 20.1 Å². The van der Waals surface area contributed by atoms with Gasteiger partial charge in [0.15, 0.2) is 0 Å². The van der Waals surface area contributed by atoms with E-state index in [1.807, 2.05) is 47.4 Å². The minimum atomic E-state index is -0.323. The van der Waals surface area contributed by atoms with Crippen LogP contribution in [0.15, 0.2) is 42.5 Å². The predicted octanol–water partition coefficient (Wildman–Crippen LogP) is 2.08. The zero-order chi connectivity index (χ0) is 19.2. The third-order valence-corrected chi connectivity index (χ3v) is 4.61. The van der Waals surface area contributed by atoms with Crippen LogP contribution in [0.5, 0.6) is 11.5 Å². The van der Waals surface area contributed by atoms with Gasteiger partial charge >= 0.3 is 0 Å². The summed E-state index contributed by atoms with van der Waals surface area (Å²) in [7, 11) is 1.61. The number of hydrogen-bond acceptors (Lipinski definition) is 4. The van der Waals surface area contributed by atoms with Crippen LogP contribution in [0.25, 0.3) is 0 Å². The van der Waals surface area contributed by atoms with Crippen molar-refractivity contribution in [3.8, 4) is 11.5 Å². The molecule has 6 heteroatoms. The number of amides is 2. The Labute approximate surface area is 158 Å². The van der Waals surface area contributed by atoms with Crippen molar-refractivity contribution in [2.24, 2.45) is 5.73 Å². The standard InChI is InChI=1S/C21H24N2O4/c1-26-18-4-2-3-16(12-18)13-21(25)23-9-10-27-19-7-5-15(6-8-20(22)24)11-17(19)14-23/h2-5,7,11-12H,6,8-10,13-14H2,1H3,(H2,22,24). The summed E-state index contributed by atoms with van der Waals surface area (Å²) in [5.74, 6) is 1.25. The van der Waals surface area contributed by atoms with Gasteiger partial charge in [-0.25, -0.2) is 0 Å². The van der Waals surface area contributed by atoms with Crippen molar-refractivity contribution in [3.63, 3.8) is 0 Å². The molecule has 1 aliphatic heterocycles. The summed E-state index contributed by atoms with van der Waals surface area (Å²) < 4.78 is 11.0. The number of carbonyl (C=O) groups excluding carboxylic acids is 2. The first-order chi connectivity index (χ1) is 13.0. The van der Waals surface area contributed by atoms with Gasteiger partial charge in [0.2, 0.25) is 11.8 Å². The highest BCUT2D eigenvalue weighted by atomic mass is 16.5. The summed E-state index contributed by atoms with van der Waals surface area (Å²) in [5, 5.41) is 0. The molecule has 0 aliphatic carbocycles. The van der Waals surface area contributed by atoms with Crippen molar-refractivity contribution >= 4 is 11.8 Å². The van der Waals surface area contributed by atoms with E-state index < -0.39 is 0 Å². The van der Waals surface area contributed by atoms with Gasteiger partial charge in [-0.3, -0.25) is 9.59 Å². The molecule has 2 amide bonds. The smallest absolute Gasteiger partial charge is 0.227 e. The Bertz CT molecular complexity index is 835. The molecular formula is C21H24N2O4. The van der Waals surface area contributed by atoms with Crippen LogP contribution in [-0.4, -0.2) is 37.0 Å².